The van der Waals surface area contributed by atoms with Crippen LogP contribution >= 0.6 is 0 Å². The second-order valence-electron chi connectivity index (χ2n) is 6.05. The summed E-state index contributed by atoms with van der Waals surface area (Å²) in [6.07, 6.45) is 1.51. The van der Waals surface area contributed by atoms with Crippen LogP contribution in [0.2, 0.25) is 0 Å². The zero-order valence-electron chi connectivity index (χ0n) is 13.0. The molecule has 7 nitrogen and oxygen atoms in total. The molecule has 2 unspecified atom stereocenters. The first-order valence-electron chi connectivity index (χ1n) is 7.62. The molecule has 1 amide bonds. The summed E-state index contributed by atoms with van der Waals surface area (Å²) < 4.78 is 28.3. The highest BCUT2D eigenvalue weighted by atomic mass is 32.2. The topological polar surface area (TPSA) is 101 Å². The average molecular weight is 337 g/mol. The fourth-order valence-electron chi connectivity index (χ4n) is 2.71. The number of aromatic nitrogens is 2. The molecular weight excluding hydrogens is 318 g/mol. The molecule has 2 aromatic rings. The molecule has 2 atom stereocenters. The number of fused-ring (bicyclic) bond motifs is 1. The Morgan fingerprint density at radius 2 is 2.13 bits per heavy atom. The van der Waals surface area contributed by atoms with Crippen LogP contribution in [-0.4, -0.2) is 23.9 Å². The Morgan fingerprint density at radius 1 is 1.43 bits per heavy atom. The molecule has 0 radical (unpaired) electrons. The highest BCUT2D eigenvalue weighted by Crippen LogP contribution is 2.38. The van der Waals surface area contributed by atoms with Crippen molar-refractivity contribution < 1.29 is 13.2 Å². The van der Waals surface area contributed by atoms with Gasteiger partial charge in [-0.2, -0.15) is 0 Å². The fraction of sp³-hybridized carbons (Fsp3) is 0.467. The van der Waals surface area contributed by atoms with Crippen molar-refractivity contribution in [3.8, 4) is 0 Å². The molecule has 124 valence electrons. The molecule has 1 aliphatic rings. The molecule has 1 aromatic heterocycles. The van der Waals surface area contributed by atoms with E-state index in [1.807, 2.05) is 13.8 Å². The summed E-state index contributed by atoms with van der Waals surface area (Å²) in [5, 5.41) is 0. The molecule has 1 saturated carbocycles. The summed E-state index contributed by atoms with van der Waals surface area (Å²) in [5.74, 6) is -0.458. The maximum Gasteiger partial charge on any atom is 0.326 e. The number of carbonyl (C=O) groups is 1. The average Bonchev–Trinajstić information content (AvgIpc) is 3.13. The number of imidazole rings is 1. The van der Waals surface area contributed by atoms with Crippen molar-refractivity contribution in [2.24, 2.45) is 11.8 Å². The number of benzene rings is 1. The maximum atomic E-state index is 12.3. The van der Waals surface area contributed by atoms with Gasteiger partial charge in [0.1, 0.15) is 0 Å². The standard InChI is InChI=1S/C15H19N3O4S/c1-3-6-18-13-5-4-10(8-12(13)16-15(18)20)23(21,22)17-14(19)11-7-9(11)2/h4-5,8-9,11H,3,6-7H2,1-2H3,(H,16,20)(H,17,19). The van der Waals surface area contributed by atoms with E-state index in [0.717, 1.165) is 6.42 Å². The monoisotopic (exact) mass is 337 g/mol. The molecule has 3 rings (SSSR count). The third kappa shape index (κ3) is 2.90. The van der Waals surface area contributed by atoms with E-state index in [-0.39, 0.29) is 22.4 Å². The van der Waals surface area contributed by atoms with E-state index < -0.39 is 15.9 Å². The summed E-state index contributed by atoms with van der Waals surface area (Å²) in [6, 6.07) is 4.38. The van der Waals surface area contributed by atoms with E-state index in [0.29, 0.717) is 24.0 Å². The van der Waals surface area contributed by atoms with Gasteiger partial charge in [-0.1, -0.05) is 13.8 Å². The van der Waals surface area contributed by atoms with Crippen LogP contribution in [0.4, 0.5) is 0 Å². The molecular formula is C15H19N3O4S. The minimum atomic E-state index is -3.93. The van der Waals surface area contributed by atoms with Crippen molar-refractivity contribution in [3.05, 3.63) is 28.7 Å². The SMILES string of the molecule is CCCn1c(=O)[nH]c2cc(S(=O)(=O)NC(=O)C3CC3C)ccc21. The summed E-state index contributed by atoms with van der Waals surface area (Å²) in [4.78, 5) is 26.4. The van der Waals surface area contributed by atoms with Crippen molar-refractivity contribution >= 4 is 27.0 Å². The number of hydrogen-bond donors (Lipinski definition) is 2. The third-order valence-corrected chi connectivity index (χ3v) is 5.53. The number of hydrogen-bond acceptors (Lipinski definition) is 4. The number of amides is 1. The molecule has 1 aliphatic carbocycles. The fourth-order valence-corrected chi connectivity index (χ4v) is 3.76. The van der Waals surface area contributed by atoms with Gasteiger partial charge < -0.3 is 4.98 Å². The Hall–Kier alpha value is -2.09. The van der Waals surface area contributed by atoms with Gasteiger partial charge in [-0.15, -0.1) is 0 Å². The van der Waals surface area contributed by atoms with E-state index in [9.17, 15) is 18.0 Å². The van der Waals surface area contributed by atoms with Crippen molar-refractivity contribution in [2.75, 3.05) is 0 Å². The van der Waals surface area contributed by atoms with Crippen LogP contribution in [0.15, 0.2) is 27.9 Å². The lowest BCUT2D eigenvalue weighted by atomic mass is 10.3. The Morgan fingerprint density at radius 3 is 2.74 bits per heavy atom. The van der Waals surface area contributed by atoms with Gasteiger partial charge in [0.2, 0.25) is 5.91 Å². The predicted octanol–water partition coefficient (Wildman–Crippen LogP) is 1.20. The van der Waals surface area contributed by atoms with Crippen LogP contribution in [0.25, 0.3) is 11.0 Å². The van der Waals surface area contributed by atoms with Crippen molar-refractivity contribution in [2.45, 2.75) is 38.1 Å². The van der Waals surface area contributed by atoms with Crippen LogP contribution in [0.3, 0.4) is 0 Å². The van der Waals surface area contributed by atoms with Crippen molar-refractivity contribution in [1.82, 2.24) is 14.3 Å². The van der Waals surface area contributed by atoms with Crippen molar-refractivity contribution in [1.29, 1.82) is 0 Å². The minimum absolute atomic E-state index is 0.0310. The largest absolute Gasteiger partial charge is 0.326 e. The van der Waals surface area contributed by atoms with E-state index in [2.05, 4.69) is 9.71 Å². The first kappa shape index (κ1) is 15.8. The first-order chi connectivity index (χ1) is 10.8. The predicted molar refractivity (Wildman–Crippen MR) is 85.4 cm³/mol. The maximum absolute atomic E-state index is 12.3. The van der Waals surface area contributed by atoms with Gasteiger partial charge in [-0.3, -0.25) is 9.36 Å². The second kappa shape index (κ2) is 5.52. The quantitative estimate of drug-likeness (QED) is 0.856. The van der Waals surface area contributed by atoms with Gasteiger partial charge in [-0.05, 0) is 37.0 Å². The summed E-state index contributed by atoms with van der Waals surface area (Å²) in [7, 11) is -3.93. The summed E-state index contributed by atoms with van der Waals surface area (Å²) in [5.41, 5.74) is 0.823. The zero-order chi connectivity index (χ0) is 16.8. The number of aromatic amines is 1. The molecule has 2 N–H and O–H groups in total. The van der Waals surface area contributed by atoms with E-state index in [4.69, 9.17) is 0 Å². The lowest BCUT2D eigenvalue weighted by molar-refractivity contribution is -0.120. The van der Waals surface area contributed by atoms with Crippen molar-refractivity contribution in [3.63, 3.8) is 0 Å². The van der Waals surface area contributed by atoms with Crippen LogP contribution in [-0.2, 0) is 21.4 Å². The number of sulfonamides is 1. The number of rotatable bonds is 5. The normalized spacial score (nSPS) is 20.6. The van der Waals surface area contributed by atoms with Gasteiger partial charge in [0, 0.05) is 12.5 Å². The van der Waals surface area contributed by atoms with Gasteiger partial charge in [0.15, 0.2) is 0 Å². The van der Waals surface area contributed by atoms with Crippen LogP contribution < -0.4 is 10.4 Å². The molecule has 1 heterocycles. The Balaban J connectivity index is 1.93. The minimum Gasteiger partial charge on any atom is -0.305 e. The molecule has 23 heavy (non-hydrogen) atoms. The number of nitrogens with zero attached hydrogens (tertiary/aromatic N) is 1. The smallest absolute Gasteiger partial charge is 0.305 e. The highest BCUT2D eigenvalue weighted by Gasteiger charge is 2.40. The Kier molecular flexibility index (Phi) is 3.79. The third-order valence-electron chi connectivity index (χ3n) is 4.18. The first-order valence-corrected chi connectivity index (χ1v) is 9.11. The molecule has 8 heteroatoms. The van der Waals surface area contributed by atoms with E-state index >= 15 is 0 Å². The van der Waals surface area contributed by atoms with Gasteiger partial charge in [0.05, 0.1) is 15.9 Å². The lowest BCUT2D eigenvalue weighted by Gasteiger charge is -2.07. The molecule has 0 bridgehead atoms. The number of carbonyl (C=O) groups excluding carboxylic acids is 1. The second-order valence-corrected chi connectivity index (χ2v) is 7.73. The summed E-state index contributed by atoms with van der Waals surface area (Å²) in [6.45, 7) is 4.42. The Labute approximate surface area is 133 Å². The molecule has 0 aliphatic heterocycles. The van der Waals surface area contributed by atoms with Gasteiger partial charge >= 0.3 is 5.69 Å². The molecule has 0 saturated heterocycles. The van der Waals surface area contributed by atoms with E-state index in [1.54, 1.807) is 10.6 Å². The Bertz CT molecular complexity index is 926. The molecule has 1 fully saturated rings. The van der Waals surface area contributed by atoms with Crippen LogP contribution in [0.1, 0.15) is 26.7 Å². The van der Waals surface area contributed by atoms with Gasteiger partial charge in [-0.25, -0.2) is 17.9 Å². The van der Waals surface area contributed by atoms with Crippen LogP contribution in [0, 0.1) is 11.8 Å². The summed E-state index contributed by atoms with van der Waals surface area (Å²) >= 11 is 0. The lowest BCUT2D eigenvalue weighted by Crippen LogP contribution is -2.32. The number of aryl methyl sites for hydroxylation is 1. The highest BCUT2D eigenvalue weighted by molar-refractivity contribution is 7.90. The zero-order valence-corrected chi connectivity index (χ0v) is 13.8. The molecule has 0 spiro atoms. The van der Waals surface area contributed by atoms with E-state index in [1.165, 1.54) is 12.1 Å². The number of nitrogens with one attached hydrogen (secondary N) is 2. The van der Waals surface area contributed by atoms with Gasteiger partial charge in [0.25, 0.3) is 10.0 Å². The number of H-pyrrole nitrogens is 1. The van der Waals surface area contributed by atoms with Crippen LogP contribution in [0.5, 0.6) is 0 Å². The molecule has 1 aromatic carbocycles.